The fourth-order valence-electron chi connectivity index (χ4n) is 6.23. The number of nitrogens with zero attached hydrogens (tertiary/aromatic N) is 2. The van der Waals surface area contributed by atoms with Crippen LogP contribution in [0.5, 0.6) is 0 Å². The minimum Gasteiger partial charge on any atom is -0.390 e. The van der Waals surface area contributed by atoms with E-state index < -0.39 is 70.2 Å². The van der Waals surface area contributed by atoms with E-state index in [9.17, 15) is 34.9 Å². The molecule has 0 spiro atoms. The van der Waals surface area contributed by atoms with Gasteiger partial charge in [0, 0.05) is 18.2 Å². The van der Waals surface area contributed by atoms with Crippen LogP contribution in [0.1, 0.15) is 19.4 Å². The van der Waals surface area contributed by atoms with Crippen molar-refractivity contribution >= 4 is 19.4 Å². The molecule has 19 heteroatoms. The summed E-state index contributed by atoms with van der Waals surface area (Å²) in [5.74, 6) is 0.340. The van der Waals surface area contributed by atoms with Crippen LogP contribution in [-0.4, -0.2) is 133 Å². The normalized spacial score (nSPS) is 33.6. The first-order valence-electron chi connectivity index (χ1n) is 14.5. The highest BCUT2D eigenvalue weighted by Gasteiger charge is 2.48. The zero-order chi connectivity index (χ0) is 32.8. The Kier molecular flexibility index (Phi) is 9.96. The van der Waals surface area contributed by atoms with Gasteiger partial charge < -0.3 is 70.5 Å². The van der Waals surface area contributed by atoms with E-state index in [0.29, 0.717) is 23.8 Å². The minimum atomic E-state index is -4.84. The molecule has 252 valence electrons. The molecular formula is C26H41N6O12P. The number of ether oxygens (including phenoxy) is 2. The third-order valence-electron chi connectivity index (χ3n) is 8.52. The van der Waals surface area contributed by atoms with Crippen LogP contribution in [0, 0.1) is 0 Å². The zero-order valence-electron chi connectivity index (χ0n) is 24.6. The van der Waals surface area contributed by atoms with E-state index in [0.717, 1.165) is 5.69 Å². The van der Waals surface area contributed by atoms with Gasteiger partial charge in [0.1, 0.15) is 42.0 Å². The average molecular weight is 661 g/mol. The van der Waals surface area contributed by atoms with Crippen molar-refractivity contribution in [1.29, 1.82) is 0 Å². The maximum atomic E-state index is 12.8. The second-order valence-electron chi connectivity index (χ2n) is 11.7. The number of carbonyl (C=O) groups excluding carboxylic acids is 1. The third kappa shape index (κ3) is 7.22. The van der Waals surface area contributed by atoms with Gasteiger partial charge in [0.25, 0.3) is 5.91 Å². The molecule has 1 amide bonds. The van der Waals surface area contributed by atoms with E-state index in [1.165, 1.54) is 0 Å². The topological polar surface area (TPSA) is 272 Å². The summed E-state index contributed by atoms with van der Waals surface area (Å²) < 4.78 is 25.6. The average Bonchev–Trinajstić information content (AvgIpc) is 3.45. The minimum absolute atomic E-state index is 0.00363. The Morgan fingerprint density at radius 2 is 1.73 bits per heavy atom. The highest BCUT2D eigenvalue weighted by Crippen LogP contribution is 2.38. The first kappa shape index (κ1) is 33.8. The summed E-state index contributed by atoms with van der Waals surface area (Å²) in [6.07, 6.45) is -11.3. The number of nitrogens with two attached hydrogens (primary N) is 1. The first-order valence-corrected chi connectivity index (χ1v) is 16.0. The van der Waals surface area contributed by atoms with Gasteiger partial charge >= 0.3 is 7.82 Å². The summed E-state index contributed by atoms with van der Waals surface area (Å²) in [5.41, 5.74) is 7.95. The van der Waals surface area contributed by atoms with Crippen LogP contribution < -0.4 is 26.6 Å². The molecule has 1 aromatic carbocycles. The number of phosphoric acid groups is 1. The molecule has 4 heterocycles. The van der Waals surface area contributed by atoms with Crippen LogP contribution in [0.4, 0.5) is 5.69 Å². The van der Waals surface area contributed by atoms with Crippen LogP contribution in [0.2, 0.25) is 0 Å². The quantitative estimate of drug-likeness (QED) is 0.101. The summed E-state index contributed by atoms with van der Waals surface area (Å²) in [7, 11) is -4.84. The lowest BCUT2D eigenvalue weighted by Crippen LogP contribution is -2.66. The number of rotatable bonds is 11. The number of hydrogen-bond donors (Lipinski definition) is 11. The second kappa shape index (κ2) is 13.3. The highest BCUT2D eigenvalue weighted by atomic mass is 31.2. The van der Waals surface area contributed by atoms with Crippen LogP contribution in [0.25, 0.3) is 0 Å². The molecule has 0 saturated carbocycles. The lowest BCUT2D eigenvalue weighted by molar-refractivity contribution is -0.192. The summed E-state index contributed by atoms with van der Waals surface area (Å²) in [5, 5.41) is 60.7. The molecule has 18 nitrogen and oxygen atoms in total. The summed E-state index contributed by atoms with van der Waals surface area (Å²) in [4.78, 5) is 34.6. The number of nitrogens with one attached hydrogen (secondary N) is 3. The Hall–Kier alpha value is -2.58. The Morgan fingerprint density at radius 1 is 1.04 bits per heavy atom. The van der Waals surface area contributed by atoms with Crippen molar-refractivity contribution in [3.8, 4) is 0 Å². The molecule has 11 atom stereocenters. The molecule has 0 bridgehead atoms. The summed E-state index contributed by atoms with van der Waals surface area (Å²) >= 11 is 0. The largest absolute Gasteiger partial charge is 0.469 e. The number of amides is 1. The monoisotopic (exact) mass is 660 g/mol. The van der Waals surface area contributed by atoms with Gasteiger partial charge in [-0.05, 0) is 31.5 Å². The molecule has 2 saturated heterocycles. The van der Waals surface area contributed by atoms with Crippen LogP contribution in [0.15, 0.2) is 35.8 Å². The van der Waals surface area contributed by atoms with E-state index in [1.54, 1.807) is 12.1 Å². The van der Waals surface area contributed by atoms with Gasteiger partial charge in [-0.1, -0.05) is 12.1 Å². The lowest BCUT2D eigenvalue weighted by atomic mass is 9.98. The van der Waals surface area contributed by atoms with Crippen LogP contribution >= 0.6 is 7.82 Å². The van der Waals surface area contributed by atoms with Crippen molar-refractivity contribution in [2.24, 2.45) is 5.73 Å². The highest BCUT2D eigenvalue weighted by molar-refractivity contribution is 7.46. The Bertz CT molecular complexity index is 1300. The molecule has 4 aliphatic rings. The van der Waals surface area contributed by atoms with Gasteiger partial charge in [0.05, 0.1) is 38.1 Å². The Balaban J connectivity index is 1.14. The van der Waals surface area contributed by atoms with Gasteiger partial charge in [-0.25, -0.2) is 4.57 Å². The number of carbonyl (C=O) groups is 1. The van der Waals surface area contributed by atoms with E-state index >= 15 is 0 Å². The number of benzene rings is 1. The fourth-order valence-corrected chi connectivity index (χ4v) is 6.57. The predicted octanol–water partition coefficient (Wildman–Crippen LogP) is -4.16. The van der Waals surface area contributed by atoms with Crippen LogP contribution in [0.3, 0.4) is 0 Å². The Morgan fingerprint density at radius 3 is 2.40 bits per heavy atom. The molecule has 0 aromatic heterocycles. The van der Waals surface area contributed by atoms with Gasteiger partial charge in [-0.2, -0.15) is 0 Å². The van der Waals surface area contributed by atoms with E-state index in [-0.39, 0.29) is 30.5 Å². The van der Waals surface area contributed by atoms with Crippen molar-refractivity contribution in [3.63, 3.8) is 0 Å². The second-order valence-corrected chi connectivity index (χ2v) is 12.9. The molecule has 4 aliphatic heterocycles. The number of phosphoric ester groups is 1. The summed E-state index contributed by atoms with van der Waals surface area (Å²) in [6, 6.07) is 7.41. The van der Waals surface area contributed by atoms with Crippen molar-refractivity contribution in [3.05, 3.63) is 41.3 Å². The molecule has 1 aromatic rings. The number of anilines is 1. The molecule has 2 fully saturated rings. The van der Waals surface area contributed by atoms with Gasteiger partial charge in [-0.15, -0.1) is 0 Å². The standard InChI is InChI=1S/C26H41N6O12P/c1-11-18-12(2)31(10-32(18)19-23(28-11)29-26(27)30-24(19)38)14-5-3-13(4-6-14)7-15(33)20(35)16(34)8-42-25-22(37)21(36)17(44-25)9-43-45(39,40)41/h3-6,11-12,15-18,20-22,25-26,28-29,33-37H,7-10,27H2,1-2H3,(H,30,38)(H2,39,40,41)/t11-,12+,15-,16+,17+,18+,20-,21+,22+,25-,26?/m0/s1. The van der Waals surface area contributed by atoms with Crippen LogP contribution in [-0.2, 0) is 29.8 Å². The first-order chi connectivity index (χ1) is 21.1. The van der Waals surface area contributed by atoms with Gasteiger partial charge in [0.15, 0.2) is 12.6 Å². The maximum Gasteiger partial charge on any atom is 0.469 e. The van der Waals surface area contributed by atoms with Crippen molar-refractivity contribution in [1.82, 2.24) is 20.9 Å². The van der Waals surface area contributed by atoms with E-state index in [1.807, 2.05) is 19.1 Å². The number of fused-ring (bicyclic) bond motifs is 2. The van der Waals surface area contributed by atoms with Crippen molar-refractivity contribution in [2.45, 2.75) is 87.6 Å². The molecule has 1 unspecified atom stereocenters. The van der Waals surface area contributed by atoms with Crippen molar-refractivity contribution < 1.29 is 58.7 Å². The van der Waals surface area contributed by atoms with Crippen molar-refractivity contribution in [2.75, 3.05) is 24.8 Å². The number of aliphatic hydroxyl groups excluding tert-OH is 5. The Labute approximate surface area is 258 Å². The molecule has 0 radical (unpaired) electrons. The molecule has 45 heavy (non-hydrogen) atoms. The molecule has 0 aliphatic carbocycles. The molecule has 12 N–H and O–H groups in total. The SMILES string of the molecule is C[C@@H]1NC2=C(C(=O)NC(N)N2)N2CN(c3ccc(C[C@H](O)[C@H](O)[C@H](O)CO[C@H]4O[C@H](COP(=O)(O)O)[C@@H](O)[C@H]4O)cc3)[C@H](C)[C@@H]12. The zero-order valence-corrected chi connectivity index (χ0v) is 25.5. The lowest BCUT2D eigenvalue weighted by Gasteiger charge is -2.43. The molecule has 5 rings (SSSR count). The van der Waals surface area contributed by atoms with E-state index in [4.69, 9.17) is 25.0 Å². The predicted molar refractivity (Wildman–Crippen MR) is 154 cm³/mol. The third-order valence-corrected chi connectivity index (χ3v) is 9.00. The smallest absolute Gasteiger partial charge is 0.390 e. The summed E-state index contributed by atoms with van der Waals surface area (Å²) in [6.45, 7) is 3.28. The maximum absolute atomic E-state index is 12.8. The number of aliphatic hydroxyl groups is 5. The fraction of sp³-hybridized carbons (Fsp3) is 0.654. The van der Waals surface area contributed by atoms with Gasteiger partial charge in [0.2, 0.25) is 0 Å². The number of hydrogen-bond acceptors (Lipinski definition) is 15. The van der Waals surface area contributed by atoms with E-state index in [2.05, 4.69) is 37.2 Å². The van der Waals surface area contributed by atoms with Gasteiger partial charge in [-0.3, -0.25) is 15.1 Å². The molecular weight excluding hydrogens is 619 g/mol.